The second-order valence-electron chi connectivity index (χ2n) is 1.76. The molecular formula is C6H10N2O2. The Morgan fingerprint density at radius 3 is 2.70 bits per heavy atom. The summed E-state index contributed by atoms with van der Waals surface area (Å²) in [7, 11) is 0. The molecule has 0 spiro atoms. The van der Waals surface area contributed by atoms with Crippen LogP contribution in [0, 0.1) is 0 Å². The van der Waals surface area contributed by atoms with Crippen LogP contribution in [0.15, 0.2) is 12.7 Å². The van der Waals surface area contributed by atoms with E-state index in [2.05, 4.69) is 11.9 Å². The molecule has 1 atom stereocenters. The van der Waals surface area contributed by atoms with E-state index in [-0.39, 0.29) is 0 Å². The van der Waals surface area contributed by atoms with Gasteiger partial charge in [-0.25, -0.2) is 0 Å². The number of nitrogens with two attached hydrogens (primary N) is 1. The minimum Gasteiger partial charge on any atom is -0.368 e. The molecule has 2 amide bonds. The molecule has 4 heteroatoms. The third-order valence-electron chi connectivity index (χ3n) is 1.02. The van der Waals surface area contributed by atoms with Crippen LogP contribution in [0.4, 0.5) is 0 Å². The number of amides is 2. The van der Waals surface area contributed by atoms with E-state index in [4.69, 9.17) is 5.73 Å². The van der Waals surface area contributed by atoms with Gasteiger partial charge in [0.15, 0.2) is 0 Å². The molecule has 0 radical (unpaired) electrons. The summed E-state index contributed by atoms with van der Waals surface area (Å²) in [5, 5.41) is 2.26. The molecule has 0 aliphatic carbocycles. The van der Waals surface area contributed by atoms with Crippen molar-refractivity contribution in [3.8, 4) is 0 Å². The first-order chi connectivity index (χ1) is 4.72. The van der Waals surface area contributed by atoms with E-state index in [1.165, 1.54) is 6.08 Å². The summed E-state index contributed by atoms with van der Waals surface area (Å²) >= 11 is 0. The summed E-state index contributed by atoms with van der Waals surface area (Å²) in [4.78, 5) is 20.3. The predicted molar refractivity (Wildman–Crippen MR) is 37.0 cm³/mol. The van der Waals surface area contributed by atoms with Gasteiger partial charge in [-0.15, -0.1) is 6.58 Å². The van der Waals surface area contributed by atoms with Crippen molar-refractivity contribution in [1.82, 2.24) is 5.32 Å². The zero-order valence-electron chi connectivity index (χ0n) is 5.54. The lowest BCUT2D eigenvalue weighted by molar-refractivity contribution is -0.122. The second-order valence-corrected chi connectivity index (χ2v) is 1.76. The van der Waals surface area contributed by atoms with Gasteiger partial charge >= 0.3 is 0 Å². The number of carbonyl (C=O) groups excluding carboxylic acids is 2. The Morgan fingerprint density at radius 2 is 2.40 bits per heavy atom. The first-order valence-corrected chi connectivity index (χ1v) is 2.82. The zero-order chi connectivity index (χ0) is 7.98. The van der Waals surface area contributed by atoms with Crippen LogP contribution in [0.5, 0.6) is 0 Å². The molecule has 0 saturated heterocycles. The smallest absolute Gasteiger partial charge is 0.240 e. The normalized spacial score (nSPS) is 11.6. The molecular weight excluding hydrogens is 132 g/mol. The number of rotatable bonds is 5. The van der Waals surface area contributed by atoms with Crippen molar-refractivity contribution < 1.29 is 9.59 Å². The number of hydrogen-bond acceptors (Lipinski definition) is 2. The zero-order valence-corrected chi connectivity index (χ0v) is 5.54. The van der Waals surface area contributed by atoms with Crippen LogP contribution in [-0.4, -0.2) is 18.4 Å². The topological polar surface area (TPSA) is 72.2 Å². The third-order valence-corrected chi connectivity index (χ3v) is 1.02. The number of primary amides is 1. The Morgan fingerprint density at radius 1 is 1.80 bits per heavy atom. The molecule has 1 unspecified atom stereocenters. The molecule has 0 fully saturated rings. The van der Waals surface area contributed by atoms with Crippen molar-refractivity contribution in [1.29, 1.82) is 0 Å². The monoisotopic (exact) mass is 142 g/mol. The lowest BCUT2D eigenvalue weighted by Gasteiger charge is -2.07. The molecule has 0 aromatic rings. The number of nitrogens with one attached hydrogen (secondary N) is 1. The van der Waals surface area contributed by atoms with E-state index in [0.717, 1.165) is 0 Å². The average molecular weight is 142 g/mol. The minimum absolute atomic E-state index is 0.369. The van der Waals surface area contributed by atoms with Crippen LogP contribution in [0.25, 0.3) is 0 Å². The maximum absolute atomic E-state index is 10.4. The first-order valence-electron chi connectivity index (χ1n) is 2.82. The maximum atomic E-state index is 10.4. The summed E-state index contributed by atoms with van der Waals surface area (Å²) in [6, 6.07) is -0.616. The molecule has 0 saturated carbocycles. The van der Waals surface area contributed by atoms with E-state index in [9.17, 15) is 9.59 Å². The van der Waals surface area contributed by atoms with Gasteiger partial charge in [-0.2, -0.15) is 0 Å². The molecule has 0 aromatic heterocycles. The summed E-state index contributed by atoms with van der Waals surface area (Å²) in [6.45, 7) is 3.40. The molecule has 10 heavy (non-hydrogen) atoms. The summed E-state index contributed by atoms with van der Waals surface area (Å²) in [6.07, 6.45) is 2.33. The van der Waals surface area contributed by atoms with Gasteiger partial charge < -0.3 is 11.1 Å². The Kier molecular flexibility index (Phi) is 3.95. The molecule has 4 nitrogen and oxygen atoms in total. The quantitative estimate of drug-likeness (QED) is 0.388. The van der Waals surface area contributed by atoms with Gasteiger partial charge in [-0.05, 0) is 6.42 Å². The minimum atomic E-state index is -0.616. The van der Waals surface area contributed by atoms with Crippen LogP contribution < -0.4 is 11.1 Å². The highest BCUT2D eigenvalue weighted by Crippen LogP contribution is 1.88. The Hall–Kier alpha value is -1.32. The van der Waals surface area contributed by atoms with Gasteiger partial charge in [-0.1, -0.05) is 6.08 Å². The second kappa shape index (κ2) is 4.55. The van der Waals surface area contributed by atoms with Gasteiger partial charge in [0.1, 0.15) is 6.04 Å². The Labute approximate surface area is 59.1 Å². The molecule has 0 rings (SSSR count). The van der Waals surface area contributed by atoms with Crippen molar-refractivity contribution in [2.75, 3.05) is 0 Å². The van der Waals surface area contributed by atoms with E-state index < -0.39 is 11.9 Å². The number of hydrogen-bond donors (Lipinski definition) is 2. The van der Waals surface area contributed by atoms with Crippen LogP contribution in [0.3, 0.4) is 0 Å². The fourth-order valence-electron chi connectivity index (χ4n) is 0.515. The predicted octanol–water partition coefficient (Wildman–Crippen LogP) is -0.838. The van der Waals surface area contributed by atoms with Gasteiger partial charge in [0.2, 0.25) is 12.3 Å². The third kappa shape index (κ3) is 2.86. The van der Waals surface area contributed by atoms with E-state index in [1.807, 2.05) is 0 Å². The Balaban J connectivity index is 3.83. The summed E-state index contributed by atoms with van der Waals surface area (Å²) < 4.78 is 0. The molecule has 0 aliphatic rings. The molecule has 56 valence electrons. The maximum Gasteiger partial charge on any atom is 0.240 e. The molecule has 3 N–H and O–H groups in total. The van der Waals surface area contributed by atoms with Crippen LogP contribution in [0.2, 0.25) is 0 Å². The van der Waals surface area contributed by atoms with Gasteiger partial charge in [0, 0.05) is 0 Å². The van der Waals surface area contributed by atoms with Crippen LogP contribution in [0.1, 0.15) is 6.42 Å². The van der Waals surface area contributed by atoms with E-state index in [0.29, 0.717) is 12.8 Å². The first kappa shape index (κ1) is 8.68. The molecule has 0 bridgehead atoms. The van der Waals surface area contributed by atoms with Gasteiger partial charge in [-0.3, -0.25) is 9.59 Å². The fraction of sp³-hybridized carbons (Fsp3) is 0.333. The largest absolute Gasteiger partial charge is 0.368 e. The van der Waals surface area contributed by atoms with Crippen LogP contribution >= 0.6 is 0 Å². The van der Waals surface area contributed by atoms with Gasteiger partial charge in [0.25, 0.3) is 0 Å². The van der Waals surface area contributed by atoms with Crippen molar-refractivity contribution in [3.05, 3.63) is 12.7 Å². The molecule has 0 aromatic carbocycles. The van der Waals surface area contributed by atoms with Crippen LogP contribution in [-0.2, 0) is 9.59 Å². The SMILES string of the molecule is C=CCC(NC=O)C(N)=O. The molecule has 0 heterocycles. The highest BCUT2D eigenvalue weighted by atomic mass is 16.2. The lowest BCUT2D eigenvalue weighted by atomic mass is 10.2. The highest BCUT2D eigenvalue weighted by Gasteiger charge is 2.10. The fourth-order valence-corrected chi connectivity index (χ4v) is 0.515. The van der Waals surface area contributed by atoms with Crippen molar-refractivity contribution in [3.63, 3.8) is 0 Å². The standard InChI is InChI=1S/C6H10N2O2/c1-2-3-5(6(7)10)8-4-9/h2,4-5H,1,3H2,(H2,7,10)(H,8,9). The van der Waals surface area contributed by atoms with Crippen molar-refractivity contribution >= 4 is 12.3 Å². The van der Waals surface area contributed by atoms with Crippen molar-refractivity contribution in [2.24, 2.45) is 5.73 Å². The van der Waals surface area contributed by atoms with E-state index >= 15 is 0 Å². The average Bonchev–Trinajstić information content (AvgIpc) is 1.87. The number of carbonyl (C=O) groups is 2. The highest BCUT2D eigenvalue weighted by molar-refractivity contribution is 5.81. The lowest BCUT2D eigenvalue weighted by Crippen LogP contribution is -2.40. The summed E-state index contributed by atoms with van der Waals surface area (Å²) in [5.74, 6) is -0.549. The van der Waals surface area contributed by atoms with Gasteiger partial charge in [0.05, 0.1) is 0 Å². The summed E-state index contributed by atoms with van der Waals surface area (Å²) in [5.41, 5.74) is 4.90. The van der Waals surface area contributed by atoms with Crippen molar-refractivity contribution in [2.45, 2.75) is 12.5 Å². The van der Waals surface area contributed by atoms with E-state index in [1.54, 1.807) is 0 Å². The molecule has 0 aliphatic heterocycles. The Bertz CT molecular complexity index is 135.